The molecule has 0 N–H and O–H groups in total. The van der Waals surface area contributed by atoms with E-state index in [4.69, 9.17) is 9.47 Å². The predicted octanol–water partition coefficient (Wildman–Crippen LogP) is 4.57. The maximum Gasteiger partial charge on any atom is 0.342 e. The second-order valence-electron chi connectivity index (χ2n) is 4.48. The normalized spacial score (nSPS) is 10.6. The Morgan fingerprint density at radius 1 is 1.30 bits per heavy atom. The number of benzene rings is 2. The first-order valence-electron chi connectivity index (χ1n) is 6.61. The van der Waals surface area contributed by atoms with Crippen molar-refractivity contribution >= 4 is 32.7 Å². The van der Waals surface area contributed by atoms with Crippen molar-refractivity contribution in [1.82, 2.24) is 0 Å². The lowest BCUT2D eigenvalue weighted by Crippen LogP contribution is -2.09. The number of halogens is 1. The smallest absolute Gasteiger partial charge is 0.342 e. The zero-order valence-corrected chi connectivity index (χ0v) is 13.2. The Kier molecular flexibility index (Phi) is 5.01. The lowest BCUT2D eigenvalue weighted by Gasteiger charge is -2.13. The van der Waals surface area contributed by atoms with E-state index in [1.165, 1.54) is 0 Å². The van der Waals surface area contributed by atoms with Crippen LogP contribution < -0.4 is 4.74 Å². The average molecular weight is 337 g/mol. The van der Waals surface area contributed by atoms with Crippen molar-refractivity contribution in [2.24, 2.45) is 0 Å². The molecule has 0 saturated heterocycles. The SMILES string of the molecule is CCCCOC(=O)c1c(OC)c(Br)cc2ccccc12. The van der Waals surface area contributed by atoms with E-state index in [9.17, 15) is 4.79 Å². The van der Waals surface area contributed by atoms with Gasteiger partial charge in [-0.3, -0.25) is 0 Å². The summed E-state index contributed by atoms with van der Waals surface area (Å²) in [6, 6.07) is 9.64. The van der Waals surface area contributed by atoms with Gasteiger partial charge < -0.3 is 9.47 Å². The van der Waals surface area contributed by atoms with Crippen LogP contribution in [0.5, 0.6) is 5.75 Å². The predicted molar refractivity (Wildman–Crippen MR) is 83.4 cm³/mol. The van der Waals surface area contributed by atoms with Gasteiger partial charge in [0.1, 0.15) is 11.3 Å². The maximum atomic E-state index is 12.3. The molecule has 20 heavy (non-hydrogen) atoms. The Balaban J connectivity index is 2.50. The molecular formula is C16H17BrO3. The summed E-state index contributed by atoms with van der Waals surface area (Å²) in [5, 5.41) is 1.82. The first-order valence-corrected chi connectivity index (χ1v) is 7.40. The summed E-state index contributed by atoms with van der Waals surface area (Å²) in [4.78, 5) is 12.3. The summed E-state index contributed by atoms with van der Waals surface area (Å²) in [6.07, 6.45) is 1.85. The van der Waals surface area contributed by atoms with Gasteiger partial charge in [-0.15, -0.1) is 0 Å². The number of unbranched alkanes of at least 4 members (excludes halogenated alkanes) is 1. The number of carbonyl (C=O) groups excluding carboxylic acids is 1. The van der Waals surface area contributed by atoms with Crippen molar-refractivity contribution in [3.8, 4) is 5.75 Å². The number of methoxy groups -OCH3 is 1. The highest BCUT2D eigenvalue weighted by Gasteiger charge is 2.20. The van der Waals surface area contributed by atoms with Crippen LogP contribution in [-0.2, 0) is 4.74 Å². The van der Waals surface area contributed by atoms with Crippen LogP contribution in [0.2, 0.25) is 0 Å². The number of hydrogen-bond acceptors (Lipinski definition) is 3. The van der Waals surface area contributed by atoms with E-state index in [1.807, 2.05) is 30.3 Å². The van der Waals surface area contributed by atoms with Crippen LogP contribution in [0.3, 0.4) is 0 Å². The van der Waals surface area contributed by atoms with Gasteiger partial charge in [-0.2, -0.15) is 0 Å². The molecule has 0 amide bonds. The molecule has 2 aromatic carbocycles. The molecule has 2 rings (SSSR count). The third kappa shape index (κ3) is 2.96. The zero-order chi connectivity index (χ0) is 14.5. The number of esters is 1. The number of hydrogen-bond donors (Lipinski definition) is 0. The third-order valence-electron chi connectivity index (χ3n) is 3.10. The van der Waals surface area contributed by atoms with E-state index < -0.39 is 0 Å². The second-order valence-corrected chi connectivity index (χ2v) is 5.33. The number of ether oxygens (including phenoxy) is 2. The van der Waals surface area contributed by atoms with Crippen LogP contribution in [0, 0.1) is 0 Å². The summed E-state index contributed by atoms with van der Waals surface area (Å²) in [7, 11) is 1.55. The summed E-state index contributed by atoms with van der Waals surface area (Å²) in [5.74, 6) is 0.179. The van der Waals surface area contributed by atoms with Gasteiger partial charge in [-0.1, -0.05) is 37.6 Å². The molecule has 0 heterocycles. The monoisotopic (exact) mass is 336 g/mol. The highest BCUT2D eigenvalue weighted by atomic mass is 79.9. The minimum atomic E-state index is -0.340. The minimum Gasteiger partial charge on any atom is -0.495 e. The summed E-state index contributed by atoms with van der Waals surface area (Å²) in [5.41, 5.74) is 0.480. The van der Waals surface area contributed by atoms with Gasteiger partial charge >= 0.3 is 5.97 Å². The molecule has 106 valence electrons. The summed E-state index contributed by atoms with van der Waals surface area (Å²) < 4.78 is 11.4. The molecule has 0 aliphatic heterocycles. The van der Waals surface area contributed by atoms with Crippen molar-refractivity contribution < 1.29 is 14.3 Å². The molecule has 0 radical (unpaired) electrons. The van der Waals surface area contributed by atoms with E-state index >= 15 is 0 Å². The van der Waals surface area contributed by atoms with Gasteiger partial charge in [0.25, 0.3) is 0 Å². The number of rotatable bonds is 5. The Labute approximate surface area is 127 Å². The largest absolute Gasteiger partial charge is 0.495 e. The van der Waals surface area contributed by atoms with Crippen molar-refractivity contribution in [1.29, 1.82) is 0 Å². The molecule has 0 aromatic heterocycles. The second kappa shape index (κ2) is 6.75. The van der Waals surface area contributed by atoms with Gasteiger partial charge in [0.15, 0.2) is 0 Å². The van der Waals surface area contributed by atoms with Gasteiger partial charge in [-0.25, -0.2) is 4.79 Å². The average Bonchev–Trinajstić information content (AvgIpc) is 2.45. The topological polar surface area (TPSA) is 35.5 Å². The lowest BCUT2D eigenvalue weighted by atomic mass is 10.0. The van der Waals surface area contributed by atoms with Crippen LogP contribution in [-0.4, -0.2) is 19.7 Å². The first kappa shape index (κ1) is 14.9. The van der Waals surface area contributed by atoms with Gasteiger partial charge in [0.2, 0.25) is 0 Å². The molecule has 2 aromatic rings. The number of carbonyl (C=O) groups is 1. The molecule has 0 aliphatic carbocycles. The zero-order valence-electron chi connectivity index (χ0n) is 11.6. The van der Waals surface area contributed by atoms with Crippen LogP contribution >= 0.6 is 15.9 Å². The van der Waals surface area contributed by atoms with E-state index in [-0.39, 0.29) is 5.97 Å². The Morgan fingerprint density at radius 2 is 2.05 bits per heavy atom. The quantitative estimate of drug-likeness (QED) is 0.592. The maximum absolute atomic E-state index is 12.3. The molecule has 0 aliphatic rings. The van der Waals surface area contributed by atoms with E-state index in [0.29, 0.717) is 17.9 Å². The summed E-state index contributed by atoms with van der Waals surface area (Å²) in [6.45, 7) is 2.49. The van der Waals surface area contributed by atoms with Crippen LogP contribution in [0.15, 0.2) is 34.8 Å². The molecule has 4 heteroatoms. The van der Waals surface area contributed by atoms with Crippen LogP contribution in [0.1, 0.15) is 30.1 Å². The van der Waals surface area contributed by atoms with E-state index in [2.05, 4.69) is 22.9 Å². The fourth-order valence-corrected chi connectivity index (χ4v) is 2.68. The van der Waals surface area contributed by atoms with E-state index in [1.54, 1.807) is 7.11 Å². The Bertz CT molecular complexity index is 622. The molecule has 0 unspecified atom stereocenters. The van der Waals surface area contributed by atoms with E-state index in [0.717, 1.165) is 28.1 Å². The molecular weight excluding hydrogens is 320 g/mol. The lowest BCUT2D eigenvalue weighted by molar-refractivity contribution is 0.0498. The van der Waals surface area contributed by atoms with Crippen molar-refractivity contribution in [3.05, 3.63) is 40.4 Å². The Morgan fingerprint density at radius 3 is 2.75 bits per heavy atom. The third-order valence-corrected chi connectivity index (χ3v) is 3.68. The molecule has 0 saturated carbocycles. The summed E-state index contributed by atoms with van der Waals surface area (Å²) >= 11 is 3.45. The molecule has 3 nitrogen and oxygen atoms in total. The van der Waals surface area contributed by atoms with Gasteiger partial charge in [0.05, 0.1) is 18.2 Å². The highest BCUT2D eigenvalue weighted by molar-refractivity contribution is 9.10. The minimum absolute atomic E-state index is 0.340. The van der Waals surface area contributed by atoms with Crippen LogP contribution in [0.4, 0.5) is 0 Å². The van der Waals surface area contributed by atoms with Gasteiger partial charge in [0, 0.05) is 5.39 Å². The molecule has 0 fully saturated rings. The van der Waals surface area contributed by atoms with Crippen molar-refractivity contribution in [2.45, 2.75) is 19.8 Å². The first-order chi connectivity index (χ1) is 9.69. The fourth-order valence-electron chi connectivity index (χ4n) is 2.08. The number of fused-ring (bicyclic) bond motifs is 1. The molecule has 0 atom stereocenters. The van der Waals surface area contributed by atoms with Crippen LogP contribution in [0.25, 0.3) is 10.8 Å². The standard InChI is InChI=1S/C16H17BrO3/c1-3-4-9-20-16(18)14-12-8-6-5-7-11(12)10-13(17)15(14)19-2/h5-8,10H,3-4,9H2,1-2H3. The molecule has 0 bridgehead atoms. The Hall–Kier alpha value is -1.55. The molecule has 0 spiro atoms. The highest BCUT2D eigenvalue weighted by Crippen LogP contribution is 2.36. The fraction of sp³-hybridized carbons (Fsp3) is 0.312. The van der Waals surface area contributed by atoms with Crippen molar-refractivity contribution in [3.63, 3.8) is 0 Å². The van der Waals surface area contributed by atoms with Crippen molar-refractivity contribution in [2.75, 3.05) is 13.7 Å². The van der Waals surface area contributed by atoms with Gasteiger partial charge in [-0.05, 0) is 33.8 Å².